The SMILES string of the molecule is O=C1NC(=O)C(CCc2ccccc2)(C2CCN(Cc3ccoc3)CC2)N1. The lowest BCUT2D eigenvalue weighted by molar-refractivity contribution is -0.127. The van der Waals surface area contributed by atoms with Gasteiger partial charge in [-0.3, -0.25) is 15.0 Å². The van der Waals surface area contributed by atoms with Crippen molar-refractivity contribution in [1.82, 2.24) is 15.5 Å². The summed E-state index contributed by atoms with van der Waals surface area (Å²) in [6.45, 7) is 2.68. The van der Waals surface area contributed by atoms with Crippen LogP contribution in [0.25, 0.3) is 0 Å². The summed E-state index contributed by atoms with van der Waals surface area (Å²) in [5.41, 5.74) is 1.55. The van der Waals surface area contributed by atoms with Crippen LogP contribution in [0.5, 0.6) is 0 Å². The Kier molecular flexibility index (Phi) is 4.99. The molecule has 1 aromatic heterocycles. The Morgan fingerprint density at radius 3 is 2.48 bits per heavy atom. The van der Waals surface area contributed by atoms with Gasteiger partial charge < -0.3 is 9.73 Å². The number of nitrogens with zero attached hydrogens (tertiary/aromatic N) is 1. The summed E-state index contributed by atoms with van der Waals surface area (Å²) in [7, 11) is 0. The first-order valence-corrected chi connectivity index (χ1v) is 9.57. The number of aryl methyl sites for hydroxylation is 1. The van der Waals surface area contributed by atoms with Crippen molar-refractivity contribution in [2.75, 3.05) is 13.1 Å². The summed E-state index contributed by atoms with van der Waals surface area (Å²) in [5.74, 6) is -0.0232. The number of nitrogens with one attached hydrogen (secondary N) is 2. The highest BCUT2D eigenvalue weighted by molar-refractivity contribution is 6.07. The van der Waals surface area contributed by atoms with Crippen LogP contribution in [0.2, 0.25) is 0 Å². The number of hydrogen-bond acceptors (Lipinski definition) is 4. The van der Waals surface area contributed by atoms with Crippen LogP contribution >= 0.6 is 0 Å². The fraction of sp³-hybridized carbons (Fsp3) is 0.429. The highest BCUT2D eigenvalue weighted by atomic mass is 16.3. The van der Waals surface area contributed by atoms with Gasteiger partial charge >= 0.3 is 6.03 Å². The van der Waals surface area contributed by atoms with Crippen molar-refractivity contribution in [2.24, 2.45) is 5.92 Å². The van der Waals surface area contributed by atoms with Crippen molar-refractivity contribution in [2.45, 2.75) is 37.8 Å². The van der Waals surface area contributed by atoms with E-state index >= 15 is 0 Å². The lowest BCUT2D eigenvalue weighted by Gasteiger charge is -2.40. The first-order chi connectivity index (χ1) is 13.2. The average Bonchev–Trinajstić information content (AvgIpc) is 3.29. The van der Waals surface area contributed by atoms with Gasteiger partial charge in [0.25, 0.3) is 5.91 Å². The van der Waals surface area contributed by atoms with Crippen molar-refractivity contribution in [3.05, 3.63) is 60.1 Å². The summed E-state index contributed by atoms with van der Waals surface area (Å²) >= 11 is 0. The van der Waals surface area contributed by atoms with Crippen LogP contribution in [0.15, 0.2) is 53.3 Å². The molecule has 0 saturated carbocycles. The Balaban J connectivity index is 1.43. The summed E-state index contributed by atoms with van der Waals surface area (Å²) in [4.78, 5) is 27.1. The number of rotatable bonds is 6. The van der Waals surface area contributed by atoms with E-state index in [1.807, 2.05) is 24.3 Å². The van der Waals surface area contributed by atoms with Crippen molar-refractivity contribution in [1.29, 1.82) is 0 Å². The van der Waals surface area contributed by atoms with E-state index in [9.17, 15) is 9.59 Å². The van der Waals surface area contributed by atoms with Gasteiger partial charge in [0.2, 0.25) is 0 Å². The predicted octanol–water partition coefficient (Wildman–Crippen LogP) is 2.70. The molecule has 6 heteroatoms. The van der Waals surface area contributed by atoms with Crippen LogP contribution in [0, 0.1) is 5.92 Å². The van der Waals surface area contributed by atoms with Crippen LogP contribution in [0.4, 0.5) is 4.79 Å². The fourth-order valence-electron chi connectivity index (χ4n) is 4.38. The molecule has 142 valence electrons. The highest BCUT2D eigenvalue weighted by Crippen LogP contribution is 2.35. The van der Waals surface area contributed by atoms with Crippen molar-refractivity contribution < 1.29 is 14.0 Å². The van der Waals surface area contributed by atoms with Gasteiger partial charge in [-0.2, -0.15) is 0 Å². The molecule has 0 bridgehead atoms. The summed E-state index contributed by atoms with van der Waals surface area (Å²) in [6.07, 6.45) is 6.64. The molecule has 1 unspecified atom stereocenters. The Morgan fingerprint density at radius 2 is 1.85 bits per heavy atom. The van der Waals surface area contributed by atoms with Gasteiger partial charge in [-0.25, -0.2) is 4.79 Å². The molecule has 2 aromatic rings. The smallest absolute Gasteiger partial charge is 0.322 e. The number of amides is 3. The maximum absolute atomic E-state index is 12.7. The number of carbonyl (C=O) groups excluding carboxylic acids is 2. The topological polar surface area (TPSA) is 74.6 Å². The van der Waals surface area contributed by atoms with Gasteiger partial charge in [-0.1, -0.05) is 30.3 Å². The second-order valence-electron chi connectivity index (χ2n) is 7.55. The fourth-order valence-corrected chi connectivity index (χ4v) is 4.38. The molecule has 3 amide bonds. The molecule has 1 aromatic carbocycles. The molecule has 2 aliphatic rings. The molecule has 0 aliphatic carbocycles. The molecule has 6 nitrogen and oxygen atoms in total. The third-order valence-corrected chi connectivity index (χ3v) is 5.89. The molecule has 2 fully saturated rings. The van der Waals surface area contributed by atoms with Crippen molar-refractivity contribution in [3.8, 4) is 0 Å². The van der Waals surface area contributed by atoms with Gasteiger partial charge in [0.05, 0.1) is 12.5 Å². The van der Waals surface area contributed by atoms with Crippen LogP contribution in [0.3, 0.4) is 0 Å². The van der Waals surface area contributed by atoms with E-state index in [0.29, 0.717) is 6.42 Å². The van der Waals surface area contributed by atoms with Gasteiger partial charge in [-0.05, 0) is 56.3 Å². The Morgan fingerprint density at radius 1 is 1.07 bits per heavy atom. The number of hydrogen-bond donors (Lipinski definition) is 2. The van der Waals surface area contributed by atoms with Gasteiger partial charge in [-0.15, -0.1) is 0 Å². The lowest BCUT2D eigenvalue weighted by Crippen LogP contribution is -2.56. The number of benzene rings is 1. The average molecular weight is 367 g/mol. The second-order valence-corrected chi connectivity index (χ2v) is 7.55. The van der Waals surface area contributed by atoms with Crippen LogP contribution in [0.1, 0.15) is 30.4 Å². The predicted molar refractivity (Wildman–Crippen MR) is 101 cm³/mol. The lowest BCUT2D eigenvalue weighted by atomic mass is 9.74. The maximum atomic E-state index is 12.7. The number of furan rings is 1. The van der Waals surface area contributed by atoms with E-state index < -0.39 is 5.54 Å². The first kappa shape index (κ1) is 17.8. The molecule has 0 spiro atoms. The third kappa shape index (κ3) is 3.76. The van der Waals surface area contributed by atoms with E-state index in [-0.39, 0.29) is 17.9 Å². The number of likely N-dealkylation sites (tertiary alicyclic amines) is 1. The Bertz CT molecular complexity index is 782. The summed E-state index contributed by atoms with van der Waals surface area (Å²) in [6, 6.07) is 11.7. The molecule has 2 saturated heterocycles. The number of carbonyl (C=O) groups is 2. The molecule has 0 radical (unpaired) electrons. The van der Waals surface area contributed by atoms with E-state index in [1.165, 1.54) is 11.1 Å². The molecule has 3 heterocycles. The summed E-state index contributed by atoms with van der Waals surface area (Å²) in [5, 5.41) is 5.46. The molecule has 2 N–H and O–H groups in total. The molecule has 2 aliphatic heterocycles. The maximum Gasteiger partial charge on any atom is 0.322 e. The zero-order chi connectivity index (χ0) is 18.7. The van der Waals surface area contributed by atoms with E-state index in [1.54, 1.807) is 12.5 Å². The van der Waals surface area contributed by atoms with E-state index in [2.05, 4.69) is 27.7 Å². The first-order valence-electron chi connectivity index (χ1n) is 9.57. The number of urea groups is 1. The van der Waals surface area contributed by atoms with Gasteiger partial charge in [0.1, 0.15) is 5.54 Å². The molecule has 1 atom stereocenters. The standard InChI is InChI=1S/C21H25N3O3/c25-19-21(23-20(26)22-19,10-6-16-4-2-1-3-5-16)18-7-11-24(12-8-18)14-17-9-13-27-15-17/h1-5,9,13,15,18H,6-8,10-12,14H2,(H2,22,23,25,26). The zero-order valence-corrected chi connectivity index (χ0v) is 15.3. The zero-order valence-electron chi connectivity index (χ0n) is 15.3. The minimum atomic E-state index is -0.797. The normalized spacial score (nSPS) is 24.0. The highest BCUT2D eigenvalue weighted by Gasteiger charge is 2.51. The van der Waals surface area contributed by atoms with Crippen LogP contribution < -0.4 is 10.6 Å². The molecule has 4 rings (SSSR count). The molecular weight excluding hydrogens is 342 g/mol. The molecule has 27 heavy (non-hydrogen) atoms. The number of piperidine rings is 1. The minimum Gasteiger partial charge on any atom is -0.472 e. The monoisotopic (exact) mass is 367 g/mol. The Hall–Kier alpha value is -2.60. The third-order valence-electron chi connectivity index (χ3n) is 5.89. The van der Waals surface area contributed by atoms with E-state index in [0.717, 1.165) is 38.9 Å². The van der Waals surface area contributed by atoms with Crippen molar-refractivity contribution >= 4 is 11.9 Å². The molecular formula is C21H25N3O3. The Labute approximate surface area is 158 Å². The van der Waals surface area contributed by atoms with Gasteiger partial charge in [0.15, 0.2) is 0 Å². The largest absolute Gasteiger partial charge is 0.472 e. The van der Waals surface area contributed by atoms with Gasteiger partial charge in [0, 0.05) is 12.1 Å². The number of imide groups is 1. The van der Waals surface area contributed by atoms with E-state index in [4.69, 9.17) is 4.42 Å². The van der Waals surface area contributed by atoms with Crippen LogP contribution in [-0.2, 0) is 17.8 Å². The van der Waals surface area contributed by atoms with Crippen LogP contribution in [-0.4, -0.2) is 35.5 Å². The minimum absolute atomic E-state index is 0.147. The quantitative estimate of drug-likeness (QED) is 0.770. The second kappa shape index (κ2) is 7.56. The summed E-state index contributed by atoms with van der Waals surface area (Å²) < 4.78 is 5.15. The van der Waals surface area contributed by atoms with Crippen molar-refractivity contribution in [3.63, 3.8) is 0 Å².